The molecule has 0 spiro atoms. The van der Waals surface area contributed by atoms with E-state index in [1.807, 2.05) is 6.07 Å². The quantitative estimate of drug-likeness (QED) is 0.521. The van der Waals surface area contributed by atoms with E-state index in [9.17, 15) is 9.90 Å². The third kappa shape index (κ3) is 4.40. The Labute approximate surface area is 189 Å². The number of carbonyl (C=O) groups is 1. The van der Waals surface area contributed by atoms with Crippen LogP contribution in [-0.2, 0) is 24.3 Å². The van der Waals surface area contributed by atoms with Gasteiger partial charge in [0.05, 0.1) is 12.1 Å². The second-order valence-electron chi connectivity index (χ2n) is 10.0. The van der Waals surface area contributed by atoms with Crippen LogP contribution in [0.2, 0.25) is 0 Å². The molecular weight excluding hydrogens is 462 g/mol. The van der Waals surface area contributed by atoms with Crippen LogP contribution < -0.4 is 5.32 Å². The van der Waals surface area contributed by atoms with Crippen LogP contribution in [0.3, 0.4) is 0 Å². The van der Waals surface area contributed by atoms with E-state index >= 15 is 0 Å². The molecule has 31 heavy (non-hydrogen) atoms. The van der Waals surface area contributed by atoms with Crippen LogP contribution >= 0.6 is 15.9 Å². The Morgan fingerprint density at radius 1 is 1.26 bits per heavy atom. The van der Waals surface area contributed by atoms with E-state index in [1.165, 1.54) is 29.5 Å². The number of carboxylic acid groups (broad SMARTS) is 1. The fourth-order valence-corrected chi connectivity index (χ4v) is 7.23. The van der Waals surface area contributed by atoms with Gasteiger partial charge in [0.15, 0.2) is 5.82 Å². The van der Waals surface area contributed by atoms with Crippen molar-refractivity contribution in [3.8, 4) is 0 Å². The highest BCUT2D eigenvalue weighted by Gasteiger charge is 2.56. The lowest BCUT2D eigenvalue weighted by atomic mass is 9.48. The third-order valence-electron chi connectivity index (χ3n) is 7.33. The topological polar surface area (TPSA) is 113 Å². The molecule has 2 atom stereocenters. The number of aliphatic carboxylic acids is 1. The molecular formula is C22H28BrN5O3. The number of nitrogens with zero attached hydrogens (tertiary/aromatic N) is 4. The predicted molar refractivity (Wildman–Crippen MR) is 116 cm³/mol. The van der Waals surface area contributed by atoms with Crippen LogP contribution in [0.5, 0.6) is 0 Å². The van der Waals surface area contributed by atoms with Crippen LogP contribution in [0, 0.1) is 17.3 Å². The molecule has 0 saturated heterocycles. The zero-order valence-corrected chi connectivity index (χ0v) is 19.0. The summed E-state index contributed by atoms with van der Waals surface area (Å²) < 4.78 is 2.47. The molecule has 4 bridgehead atoms. The maximum atomic E-state index is 11.0. The van der Waals surface area contributed by atoms with Gasteiger partial charge in [0, 0.05) is 17.6 Å². The Balaban J connectivity index is 1.20. The van der Waals surface area contributed by atoms with Gasteiger partial charge >= 0.3 is 5.97 Å². The zero-order valence-electron chi connectivity index (χ0n) is 17.4. The van der Waals surface area contributed by atoms with E-state index in [-0.39, 0.29) is 11.8 Å². The van der Waals surface area contributed by atoms with Gasteiger partial charge in [-0.05, 0) is 83.4 Å². The van der Waals surface area contributed by atoms with E-state index in [4.69, 9.17) is 5.11 Å². The van der Waals surface area contributed by atoms with Crippen LogP contribution in [0.4, 0.5) is 0 Å². The maximum Gasteiger partial charge on any atom is 0.311 e. The first-order valence-electron chi connectivity index (χ1n) is 11.0. The average molecular weight is 490 g/mol. The van der Waals surface area contributed by atoms with Crippen molar-refractivity contribution in [2.75, 3.05) is 6.54 Å². The molecule has 9 heteroatoms. The van der Waals surface area contributed by atoms with Crippen molar-refractivity contribution in [3.05, 3.63) is 39.6 Å². The molecule has 8 nitrogen and oxygen atoms in total. The number of nitrogens with one attached hydrogen (secondary N) is 1. The minimum Gasteiger partial charge on any atom is -0.481 e. The summed E-state index contributed by atoms with van der Waals surface area (Å²) in [5.74, 6) is 0.794. The van der Waals surface area contributed by atoms with Gasteiger partial charge in [0.25, 0.3) is 0 Å². The lowest BCUT2D eigenvalue weighted by Crippen LogP contribution is -2.58. The van der Waals surface area contributed by atoms with Crippen molar-refractivity contribution in [3.63, 3.8) is 0 Å². The largest absolute Gasteiger partial charge is 0.481 e. The van der Waals surface area contributed by atoms with Gasteiger partial charge in [0.2, 0.25) is 0 Å². The van der Waals surface area contributed by atoms with Crippen molar-refractivity contribution in [2.24, 2.45) is 17.3 Å². The van der Waals surface area contributed by atoms with Crippen molar-refractivity contribution < 1.29 is 15.0 Å². The molecule has 0 aliphatic heterocycles. The summed E-state index contributed by atoms with van der Waals surface area (Å²) >= 11 is 3.64. The molecule has 4 saturated carbocycles. The van der Waals surface area contributed by atoms with Crippen molar-refractivity contribution in [1.29, 1.82) is 0 Å². The van der Waals surface area contributed by atoms with Gasteiger partial charge < -0.3 is 15.5 Å². The van der Waals surface area contributed by atoms with Crippen molar-refractivity contribution >= 4 is 21.9 Å². The number of aliphatic hydroxyl groups is 1. The minimum atomic E-state index is -0.956. The Morgan fingerprint density at radius 3 is 2.71 bits per heavy atom. The zero-order chi connectivity index (χ0) is 21.6. The molecule has 4 fully saturated rings. The molecule has 3 N–H and O–H groups in total. The molecule has 166 valence electrons. The predicted octanol–water partition coefficient (Wildman–Crippen LogP) is 2.53. The lowest BCUT2D eigenvalue weighted by Gasteiger charge is -2.60. The van der Waals surface area contributed by atoms with E-state index in [2.05, 4.69) is 48.9 Å². The normalized spacial score (nSPS) is 31.3. The SMILES string of the molecule is O=C(O)Cc1nnnn1Cc1ccc(CNCC23CC4CC(CC(O)(C4)C2)C3)cc1Br. The maximum absolute atomic E-state index is 11.0. The summed E-state index contributed by atoms with van der Waals surface area (Å²) in [5, 5.41) is 34.9. The highest BCUT2D eigenvalue weighted by molar-refractivity contribution is 9.10. The molecule has 4 aliphatic carbocycles. The van der Waals surface area contributed by atoms with Gasteiger partial charge in [-0.15, -0.1) is 5.10 Å². The number of hydrogen-bond acceptors (Lipinski definition) is 6. The molecule has 4 aliphatic rings. The van der Waals surface area contributed by atoms with Crippen molar-refractivity contribution in [1.82, 2.24) is 25.5 Å². The number of hydrogen-bond donors (Lipinski definition) is 3. The Kier molecular flexibility index (Phi) is 5.38. The molecule has 2 aromatic rings. The Morgan fingerprint density at radius 2 is 2.03 bits per heavy atom. The summed E-state index contributed by atoms with van der Waals surface area (Å²) in [6.07, 6.45) is 6.59. The number of aromatic nitrogens is 4. The Bertz CT molecular complexity index is 979. The number of tetrazole rings is 1. The standard InChI is InChI=1S/C22H28BrN5O3/c23-18-4-14(1-2-17(18)11-28-19(5-20(29)30)25-26-27-28)10-24-13-21-6-15-3-16(7-21)9-22(31,8-15)12-21/h1-2,4,15-16,24,31H,3,5-13H2,(H,29,30). The van der Waals surface area contributed by atoms with Gasteiger partial charge in [-0.25, -0.2) is 4.68 Å². The molecule has 0 amide bonds. The van der Waals surface area contributed by atoms with E-state index in [0.717, 1.165) is 42.4 Å². The molecule has 1 aromatic heterocycles. The first-order chi connectivity index (χ1) is 14.8. The summed E-state index contributed by atoms with van der Waals surface area (Å²) in [4.78, 5) is 11.0. The number of rotatable bonds is 8. The summed E-state index contributed by atoms with van der Waals surface area (Å²) in [6, 6.07) is 6.21. The average Bonchev–Trinajstić information content (AvgIpc) is 3.07. The smallest absolute Gasteiger partial charge is 0.311 e. The summed E-state index contributed by atoms with van der Waals surface area (Å²) in [7, 11) is 0. The van der Waals surface area contributed by atoms with Crippen molar-refractivity contribution in [2.45, 2.75) is 63.6 Å². The summed E-state index contributed by atoms with van der Waals surface area (Å²) in [5.41, 5.74) is 2.02. The highest BCUT2D eigenvalue weighted by Crippen LogP contribution is 2.61. The number of halogens is 1. The second-order valence-corrected chi connectivity index (χ2v) is 10.9. The van der Waals surface area contributed by atoms with Crippen LogP contribution in [-0.4, -0.2) is 48.5 Å². The Hall–Kier alpha value is -1.84. The lowest BCUT2D eigenvalue weighted by molar-refractivity contribution is -0.162. The first kappa shape index (κ1) is 21.0. The van der Waals surface area contributed by atoms with Gasteiger partial charge in [0.1, 0.15) is 6.42 Å². The van der Waals surface area contributed by atoms with Crippen LogP contribution in [0.1, 0.15) is 55.5 Å². The van der Waals surface area contributed by atoms with Gasteiger partial charge in [-0.3, -0.25) is 4.79 Å². The van der Waals surface area contributed by atoms with E-state index < -0.39 is 11.6 Å². The third-order valence-corrected chi connectivity index (χ3v) is 8.07. The van der Waals surface area contributed by atoms with Gasteiger partial charge in [-0.1, -0.05) is 28.1 Å². The molecule has 1 aromatic carbocycles. The summed E-state index contributed by atoms with van der Waals surface area (Å²) in [6.45, 7) is 2.16. The van der Waals surface area contributed by atoms with E-state index in [1.54, 1.807) is 0 Å². The fourth-order valence-electron chi connectivity index (χ4n) is 6.68. The van der Waals surface area contributed by atoms with Crippen LogP contribution in [0.15, 0.2) is 22.7 Å². The monoisotopic (exact) mass is 489 g/mol. The van der Waals surface area contributed by atoms with Crippen LogP contribution in [0.25, 0.3) is 0 Å². The number of carboxylic acids is 1. The molecule has 6 rings (SSSR count). The fraction of sp³-hybridized carbons (Fsp3) is 0.636. The molecule has 2 unspecified atom stereocenters. The second kappa shape index (κ2) is 7.94. The van der Waals surface area contributed by atoms with E-state index in [0.29, 0.717) is 24.2 Å². The molecule has 1 heterocycles. The highest BCUT2D eigenvalue weighted by atomic mass is 79.9. The molecule has 0 radical (unpaired) electrons. The minimum absolute atomic E-state index is 0.203. The number of benzene rings is 1. The van der Waals surface area contributed by atoms with Gasteiger partial charge in [-0.2, -0.15) is 0 Å². The first-order valence-corrected chi connectivity index (χ1v) is 11.8.